The maximum atomic E-state index is 12.8. The molecule has 1 aromatic heterocycles. The molecule has 7 nitrogen and oxygen atoms in total. The molecule has 9 heteroatoms. The minimum atomic E-state index is -3.72. The molecular formula is C17H16N2O5S2. The van der Waals surface area contributed by atoms with Crippen molar-refractivity contribution in [2.24, 2.45) is 0 Å². The predicted octanol–water partition coefficient (Wildman–Crippen LogP) is 1.78. The van der Waals surface area contributed by atoms with Crippen LogP contribution in [0.2, 0.25) is 0 Å². The quantitative estimate of drug-likeness (QED) is 0.734. The van der Waals surface area contributed by atoms with Gasteiger partial charge in [-0.15, -0.1) is 0 Å². The first kappa shape index (κ1) is 17.2. The molecule has 1 fully saturated rings. The number of sulfonamides is 1. The first-order valence-electron chi connectivity index (χ1n) is 8.01. The van der Waals surface area contributed by atoms with Crippen LogP contribution in [0.3, 0.4) is 0 Å². The van der Waals surface area contributed by atoms with Crippen LogP contribution in [0.5, 0.6) is 5.75 Å². The van der Waals surface area contributed by atoms with Gasteiger partial charge in [0.25, 0.3) is 5.56 Å². The lowest BCUT2D eigenvalue weighted by atomic mass is 10.2. The van der Waals surface area contributed by atoms with Gasteiger partial charge in [-0.2, -0.15) is 4.31 Å². The van der Waals surface area contributed by atoms with Gasteiger partial charge >= 0.3 is 0 Å². The van der Waals surface area contributed by atoms with Crippen LogP contribution >= 0.6 is 11.5 Å². The molecule has 26 heavy (non-hydrogen) atoms. The van der Waals surface area contributed by atoms with Crippen LogP contribution in [0.4, 0.5) is 0 Å². The van der Waals surface area contributed by atoms with E-state index in [2.05, 4.69) is 0 Å². The first-order valence-corrected chi connectivity index (χ1v) is 10.2. The van der Waals surface area contributed by atoms with E-state index in [0.717, 1.165) is 16.2 Å². The van der Waals surface area contributed by atoms with Crippen molar-refractivity contribution >= 4 is 31.6 Å². The van der Waals surface area contributed by atoms with Gasteiger partial charge in [-0.05, 0) is 30.3 Å². The van der Waals surface area contributed by atoms with Gasteiger partial charge in [0.15, 0.2) is 0 Å². The smallest absolute Gasteiger partial charge is 0.273 e. The highest BCUT2D eigenvalue weighted by Gasteiger charge is 2.27. The highest BCUT2D eigenvalue weighted by Crippen LogP contribution is 2.29. The van der Waals surface area contributed by atoms with E-state index in [4.69, 9.17) is 4.74 Å². The summed E-state index contributed by atoms with van der Waals surface area (Å²) in [6, 6.07) is 11.1. The number of aromatic hydroxyl groups is 1. The summed E-state index contributed by atoms with van der Waals surface area (Å²) in [5, 5.41) is 10.8. The molecule has 136 valence electrons. The zero-order valence-corrected chi connectivity index (χ0v) is 15.3. The standard InChI is InChI=1S/C17H16N2O5S2/c20-15-6-5-12(26(22,23)18-7-9-24-10-8-18)11-14(15)19-17(21)13-3-1-2-4-16(13)25-19/h1-6,11,20H,7-10H2. The lowest BCUT2D eigenvalue weighted by molar-refractivity contribution is 0.0730. The largest absolute Gasteiger partial charge is 0.506 e. The molecule has 0 aliphatic carbocycles. The van der Waals surface area contributed by atoms with Crippen molar-refractivity contribution in [1.29, 1.82) is 0 Å². The minimum absolute atomic E-state index is 0.0385. The molecule has 0 amide bonds. The molecule has 0 bridgehead atoms. The molecule has 0 unspecified atom stereocenters. The third kappa shape index (κ3) is 2.82. The van der Waals surface area contributed by atoms with Crippen molar-refractivity contribution in [3.63, 3.8) is 0 Å². The number of phenols is 1. The van der Waals surface area contributed by atoms with Crippen molar-refractivity contribution in [3.05, 3.63) is 52.8 Å². The molecule has 0 radical (unpaired) electrons. The summed E-state index contributed by atoms with van der Waals surface area (Å²) in [5.41, 5.74) is -0.132. The number of rotatable bonds is 3. The molecule has 0 saturated carbocycles. The van der Waals surface area contributed by atoms with Crippen LogP contribution in [-0.2, 0) is 14.8 Å². The number of morpholine rings is 1. The molecule has 1 aliphatic rings. The molecule has 2 heterocycles. The third-order valence-electron chi connectivity index (χ3n) is 4.27. The second-order valence-corrected chi connectivity index (χ2v) is 8.78. The molecule has 2 aromatic carbocycles. The second kappa shape index (κ2) is 6.51. The number of aromatic nitrogens is 1. The summed E-state index contributed by atoms with van der Waals surface area (Å²) < 4.78 is 34.3. The molecular weight excluding hydrogens is 376 g/mol. The molecule has 3 aromatic rings. The highest BCUT2D eigenvalue weighted by molar-refractivity contribution is 7.89. The average Bonchev–Trinajstić information content (AvgIpc) is 2.99. The van der Waals surface area contributed by atoms with Crippen molar-refractivity contribution in [2.45, 2.75) is 4.90 Å². The molecule has 0 spiro atoms. The van der Waals surface area contributed by atoms with E-state index in [0.29, 0.717) is 18.6 Å². The van der Waals surface area contributed by atoms with E-state index < -0.39 is 10.0 Å². The Kier molecular flexibility index (Phi) is 4.31. The number of ether oxygens (including phenoxy) is 1. The maximum Gasteiger partial charge on any atom is 0.273 e. The molecule has 1 N–H and O–H groups in total. The minimum Gasteiger partial charge on any atom is -0.506 e. The Balaban J connectivity index is 1.84. The van der Waals surface area contributed by atoms with E-state index in [-0.39, 0.29) is 35.0 Å². The molecule has 0 atom stereocenters. The Morgan fingerprint density at radius 1 is 1.08 bits per heavy atom. The summed E-state index contributed by atoms with van der Waals surface area (Å²) in [6.45, 7) is 1.25. The summed E-state index contributed by atoms with van der Waals surface area (Å²) in [6.07, 6.45) is 0. The average molecular weight is 392 g/mol. The first-order chi connectivity index (χ1) is 12.5. The fourth-order valence-corrected chi connectivity index (χ4v) is 5.34. The van der Waals surface area contributed by atoms with Crippen LogP contribution in [0.1, 0.15) is 0 Å². The highest BCUT2D eigenvalue weighted by atomic mass is 32.2. The summed E-state index contributed by atoms with van der Waals surface area (Å²) in [4.78, 5) is 12.7. The topological polar surface area (TPSA) is 88.8 Å². The summed E-state index contributed by atoms with van der Waals surface area (Å²) >= 11 is 1.16. The number of hydrogen-bond donors (Lipinski definition) is 1. The van der Waals surface area contributed by atoms with E-state index >= 15 is 0 Å². The Labute approximate surface area is 153 Å². The Hall–Kier alpha value is -2.20. The second-order valence-electron chi connectivity index (χ2n) is 5.85. The van der Waals surface area contributed by atoms with Gasteiger partial charge in [0.05, 0.1) is 28.2 Å². The third-order valence-corrected chi connectivity index (χ3v) is 7.26. The number of fused-ring (bicyclic) bond motifs is 1. The lowest BCUT2D eigenvalue weighted by Crippen LogP contribution is -2.40. The van der Waals surface area contributed by atoms with Crippen LogP contribution in [-0.4, -0.2) is 48.1 Å². The number of nitrogens with zero attached hydrogens (tertiary/aromatic N) is 2. The van der Waals surface area contributed by atoms with Crippen molar-refractivity contribution in [1.82, 2.24) is 8.26 Å². The van der Waals surface area contributed by atoms with Crippen molar-refractivity contribution in [3.8, 4) is 11.4 Å². The van der Waals surface area contributed by atoms with E-state index in [1.165, 1.54) is 26.5 Å². The fourth-order valence-electron chi connectivity index (χ4n) is 2.89. The van der Waals surface area contributed by atoms with E-state index in [1.54, 1.807) is 12.1 Å². The van der Waals surface area contributed by atoms with Crippen LogP contribution < -0.4 is 5.56 Å². The number of phenolic OH excluding ortho intramolecular Hbond substituents is 1. The SMILES string of the molecule is O=c1c2ccccc2sn1-c1cc(S(=O)(=O)N2CCOCC2)ccc1O. The number of benzene rings is 2. The van der Waals surface area contributed by atoms with Gasteiger partial charge in [0.1, 0.15) is 11.4 Å². The monoisotopic (exact) mass is 392 g/mol. The fraction of sp³-hybridized carbons (Fsp3) is 0.235. The molecule has 4 rings (SSSR count). The van der Waals surface area contributed by atoms with Gasteiger partial charge in [0, 0.05) is 13.1 Å². The van der Waals surface area contributed by atoms with Crippen LogP contribution in [0.15, 0.2) is 52.2 Å². The van der Waals surface area contributed by atoms with Crippen LogP contribution in [0.25, 0.3) is 15.8 Å². The van der Waals surface area contributed by atoms with E-state index in [1.807, 2.05) is 12.1 Å². The van der Waals surface area contributed by atoms with Crippen molar-refractivity contribution < 1.29 is 18.3 Å². The molecule has 1 saturated heterocycles. The lowest BCUT2D eigenvalue weighted by Gasteiger charge is -2.26. The predicted molar refractivity (Wildman–Crippen MR) is 98.7 cm³/mol. The Morgan fingerprint density at radius 2 is 1.81 bits per heavy atom. The zero-order valence-electron chi connectivity index (χ0n) is 13.7. The normalized spacial score (nSPS) is 16.2. The molecule has 1 aliphatic heterocycles. The van der Waals surface area contributed by atoms with Gasteiger partial charge in [-0.3, -0.25) is 4.79 Å². The summed E-state index contributed by atoms with van der Waals surface area (Å²) in [5.74, 6) is -0.153. The Morgan fingerprint density at radius 3 is 2.54 bits per heavy atom. The number of hydrogen-bond acceptors (Lipinski definition) is 6. The van der Waals surface area contributed by atoms with Crippen molar-refractivity contribution in [2.75, 3.05) is 26.3 Å². The summed E-state index contributed by atoms with van der Waals surface area (Å²) in [7, 11) is -3.72. The van der Waals surface area contributed by atoms with E-state index in [9.17, 15) is 18.3 Å². The Bertz CT molecular complexity index is 1130. The van der Waals surface area contributed by atoms with Crippen LogP contribution in [0, 0.1) is 0 Å². The van der Waals surface area contributed by atoms with Gasteiger partial charge in [0.2, 0.25) is 10.0 Å². The van der Waals surface area contributed by atoms with Gasteiger partial charge in [-0.1, -0.05) is 23.7 Å². The maximum absolute atomic E-state index is 12.8. The zero-order chi connectivity index (χ0) is 18.3. The van der Waals surface area contributed by atoms with Gasteiger partial charge in [-0.25, -0.2) is 12.4 Å². The van der Waals surface area contributed by atoms with Gasteiger partial charge < -0.3 is 9.84 Å².